The Kier molecular flexibility index (Phi) is 6.76. The fourth-order valence-electron chi connectivity index (χ4n) is 5.38. The molecule has 1 spiro atoms. The zero-order valence-electron chi connectivity index (χ0n) is 19.5. The number of rotatable bonds is 5. The molecule has 0 aromatic heterocycles. The molecule has 0 radical (unpaired) electrons. The molecule has 1 N–H and O–H groups in total. The van der Waals surface area contributed by atoms with Gasteiger partial charge in [0.15, 0.2) is 11.5 Å². The molecule has 4 unspecified atom stereocenters. The molecule has 34 heavy (non-hydrogen) atoms. The molecule has 2 aromatic carbocycles. The number of hydrogen-bond donors (Lipinski definition) is 1. The van der Waals surface area contributed by atoms with Crippen molar-refractivity contribution in [3.05, 3.63) is 77.4 Å². The number of hydrogen-bond acceptors (Lipinski definition) is 5. The number of quaternary nitrogens is 1. The van der Waals surface area contributed by atoms with Gasteiger partial charge in [-0.15, -0.1) is 12.4 Å². The van der Waals surface area contributed by atoms with Crippen LogP contribution in [0.5, 0.6) is 11.5 Å². The van der Waals surface area contributed by atoms with Crippen LogP contribution in [0.25, 0.3) is 6.08 Å². The first-order chi connectivity index (χ1) is 15.9. The molecule has 1 aliphatic carbocycles. The number of esters is 1. The Morgan fingerprint density at radius 3 is 2.82 bits per heavy atom. The molecule has 4 atom stereocenters. The lowest BCUT2D eigenvalue weighted by molar-refractivity contribution is -0.938. The minimum atomic E-state index is -0.508. The second-order valence-electron chi connectivity index (χ2n) is 9.53. The van der Waals surface area contributed by atoms with E-state index >= 15 is 0 Å². The number of aliphatic hydroxyl groups excluding tert-OH is 1. The van der Waals surface area contributed by atoms with Crippen molar-refractivity contribution >= 4 is 24.5 Å². The number of aliphatic hydroxyl groups is 1. The molecular formula is C27H31ClNO5+. The molecule has 0 saturated carbocycles. The highest BCUT2D eigenvalue weighted by Crippen LogP contribution is 2.56. The topological polar surface area (TPSA) is 65.0 Å². The second-order valence-corrected chi connectivity index (χ2v) is 9.53. The van der Waals surface area contributed by atoms with Crippen molar-refractivity contribution in [2.75, 3.05) is 27.4 Å². The summed E-state index contributed by atoms with van der Waals surface area (Å²) in [6, 6.07) is 13.8. The van der Waals surface area contributed by atoms with Crippen LogP contribution in [0.1, 0.15) is 29.5 Å². The van der Waals surface area contributed by atoms with Gasteiger partial charge in [0.2, 0.25) is 6.73 Å². The smallest absolute Gasteiger partial charge is 0.335 e. The lowest BCUT2D eigenvalue weighted by atomic mass is 9.69. The Hall–Kier alpha value is -2.80. The Bertz CT molecular complexity index is 1120. The van der Waals surface area contributed by atoms with Crippen molar-refractivity contribution in [3.8, 4) is 11.5 Å². The Morgan fingerprint density at radius 2 is 2.06 bits per heavy atom. The summed E-state index contributed by atoms with van der Waals surface area (Å²) in [6.45, 7) is 1.81. The summed E-state index contributed by atoms with van der Waals surface area (Å²) in [7, 11) is 3.78. The molecule has 0 bridgehead atoms. The highest BCUT2D eigenvalue weighted by Gasteiger charge is 2.54. The number of halogens is 1. The summed E-state index contributed by atoms with van der Waals surface area (Å²) in [5.41, 5.74) is 2.99. The van der Waals surface area contributed by atoms with E-state index in [-0.39, 0.29) is 36.6 Å². The van der Waals surface area contributed by atoms with Crippen LogP contribution in [-0.2, 0) is 21.5 Å². The van der Waals surface area contributed by atoms with Crippen LogP contribution >= 0.6 is 12.4 Å². The maximum Gasteiger partial charge on any atom is 0.335 e. The van der Waals surface area contributed by atoms with Gasteiger partial charge in [-0.1, -0.05) is 42.5 Å². The number of ether oxygens (including phenoxy) is 3. The largest absolute Gasteiger partial charge is 0.493 e. The average molecular weight is 485 g/mol. The molecule has 5 rings (SSSR count). The van der Waals surface area contributed by atoms with E-state index in [1.165, 1.54) is 11.6 Å². The van der Waals surface area contributed by atoms with Gasteiger partial charge < -0.3 is 19.3 Å². The van der Waals surface area contributed by atoms with Crippen molar-refractivity contribution in [2.45, 2.75) is 37.0 Å². The van der Waals surface area contributed by atoms with Crippen LogP contribution in [0, 0.1) is 0 Å². The van der Waals surface area contributed by atoms with Crippen molar-refractivity contribution in [2.24, 2.45) is 0 Å². The molecule has 0 amide bonds. The average Bonchev–Trinajstić information content (AvgIpc) is 3.09. The summed E-state index contributed by atoms with van der Waals surface area (Å²) >= 11 is 0. The van der Waals surface area contributed by atoms with Crippen LogP contribution in [0.15, 0.2) is 60.7 Å². The molecule has 2 heterocycles. The summed E-state index contributed by atoms with van der Waals surface area (Å²) in [6.07, 6.45) is 8.02. The number of carbonyl (C=O) groups excluding carboxylic acids is 1. The third kappa shape index (κ3) is 4.33. The van der Waals surface area contributed by atoms with Crippen LogP contribution < -0.4 is 9.47 Å². The molecule has 3 aliphatic rings. The molecule has 0 fully saturated rings. The fraction of sp³-hybridized carbons (Fsp3) is 0.370. The van der Waals surface area contributed by atoms with Crippen molar-refractivity contribution in [3.63, 3.8) is 0 Å². The van der Waals surface area contributed by atoms with E-state index in [1.54, 1.807) is 13.2 Å². The molecule has 2 aromatic rings. The van der Waals surface area contributed by atoms with Crippen LogP contribution in [-0.4, -0.2) is 55.2 Å². The van der Waals surface area contributed by atoms with Crippen LogP contribution in [0.3, 0.4) is 0 Å². The zero-order chi connectivity index (χ0) is 23.1. The predicted molar refractivity (Wildman–Crippen MR) is 132 cm³/mol. The van der Waals surface area contributed by atoms with Crippen LogP contribution in [0.4, 0.5) is 0 Å². The van der Waals surface area contributed by atoms with Gasteiger partial charge in [-0.3, -0.25) is 4.48 Å². The zero-order valence-corrected chi connectivity index (χ0v) is 20.3. The lowest BCUT2D eigenvalue weighted by Gasteiger charge is -2.37. The quantitative estimate of drug-likeness (QED) is 0.301. The van der Waals surface area contributed by atoms with Gasteiger partial charge in [0.05, 0.1) is 32.2 Å². The molecular weight excluding hydrogens is 454 g/mol. The maximum atomic E-state index is 12.4. The molecule has 7 heteroatoms. The molecule has 0 saturated heterocycles. The molecule has 6 nitrogen and oxygen atoms in total. The van der Waals surface area contributed by atoms with Crippen molar-refractivity contribution in [1.82, 2.24) is 0 Å². The summed E-state index contributed by atoms with van der Waals surface area (Å²) in [5.74, 6) is 1.16. The molecule has 180 valence electrons. The first kappa shape index (κ1) is 24.3. The number of nitrogens with zero attached hydrogens (tertiary/aromatic N) is 1. The Morgan fingerprint density at radius 1 is 1.26 bits per heavy atom. The third-order valence-corrected chi connectivity index (χ3v) is 7.15. The van der Waals surface area contributed by atoms with Gasteiger partial charge in [-0.05, 0) is 23.8 Å². The van der Waals surface area contributed by atoms with E-state index in [4.69, 9.17) is 14.2 Å². The van der Waals surface area contributed by atoms with Crippen LogP contribution in [0.2, 0.25) is 0 Å². The highest BCUT2D eigenvalue weighted by molar-refractivity contribution is 5.87. The maximum absolute atomic E-state index is 12.4. The van der Waals surface area contributed by atoms with Gasteiger partial charge in [0, 0.05) is 30.0 Å². The van der Waals surface area contributed by atoms with Gasteiger partial charge in [-0.25, -0.2) is 4.79 Å². The van der Waals surface area contributed by atoms with Gasteiger partial charge in [-0.2, -0.15) is 0 Å². The minimum Gasteiger partial charge on any atom is -0.493 e. The van der Waals surface area contributed by atoms with Gasteiger partial charge in [0.1, 0.15) is 12.6 Å². The standard InChI is InChI=1S/C27H30NO5.ClH/c1-28(18-32-24(30)11-8-19-6-4-3-5-7-19)15-14-27-13-12-21(29)16-23(27)33-26-22(31-2)10-9-20(17-28)25(26)27;/h3-13,21,23,29H,14-18H2,1-2H3;1H/q+1;/b11-8+;. The van der Waals surface area contributed by atoms with E-state index < -0.39 is 6.10 Å². The highest BCUT2D eigenvalue weighted by atomic mass is 35.5. The van der Waals surface area contributed by atoms with E-state index in [1.807, 2.05) is 42.5 Å². The van der Waals surface area contributed by atoms with Gasteiger partial charge >= 0.3 is 5.97 Å². The van der Waals surface area contributed by atoms with E-state index in [9.17, 15) is 9.90 Å². The van der Waals surface area contributed by atoms with E-state index in [2.05, 4.69) is 19.2 Å². The fourth-order valence-corrected chi connectivity index (χ4v) is 5.38. The minimum absolute atomic E-state index is 0. The van der Waals surface area contributed by atoms with E-state index in [0.29, 0.717) is 10.9 Å². The molecule has 2 aliphatic heterocycles. The Balaban J connectivity index is 0.00000274. The summed E-state index contributed by atoms with van der Waals surface area (Å²) in [4.78, 5) is 12.4. The van der Waals surface area contributed by atoms with Crippen molar-refractivity contribution < 1.29 is 28.6 Å². The first-order valence-corrected chi connectivity index (χ1v) is 11.4. The monoisotopic (exact) mass is 484 g/mol. The van der Waals surface area contributed by atoms with E-state index in [0.717, 1.165) is 42.1 Å². The normalized spacial score (nSPS) is 28.8. The number of benzene rings is 2. The number of carbonyl (C=O) groups is 1. The second kappa shape index (κ2) is 9.45. The Labute approximate surface area is 206 Å². The first-order valence-electron chi connectivity index (χ1n) is 11.4. The summed E-state index contributed by atoms with van der Waals surface area (Å²) < 4.78 is 18.2. The SMILES string of the molecule is COc1ccc2c3c1OC1CC(O)C=CC31CC[N+](C)(COC(=O)/C=C/c1ccccc1)C2.Cl. The number of methoxy groups -OCH3 is 1. The third-order valence-electron chi connectivity index (χ3n) is 7.15. The van der Waals surface area contributed by atoms with Crippen molar-refractivity contribution in [1.29, 1.82) is 0 Å². The van der Waals surface area contributed by atoms with Gasteiger partial charge in [0.25, 0.3) is 0 Å². The summed E-state index contributed by atoms with van der Waals surface area (Å²) in [5, 5.41) is 10.2. The lowest BCUT2D eigenvalue weighted by Crippen LogP contribution is -2.48. The predicted octanol–water partition coefficient (Wildman–Crippen LogP) is 4.00.